The Hall–Kier alpha value is -2.04. The zero-order valence-corrected chi connectivity index (χ0v) is 11.6. The van der Waals surface area contributed by atoms with Crippen LogP contribution in [0.1, 0.15) is 33.3 Å². The van der Waals surface area contributed by atoms with Crippen LogP contribution in [-0.2, 0) is 0 Å². The van der Waals surface area contributed by atoms with E-state index in [9.17, 15) is 10.1 Å². The van der Waals surface area contributed by atoms with Gasteiger partial charge in [0.15, 0.2) is 11.5 Å². The molecule has 0 N–H and O–H groups in total. The third-order valence-corrected chi connectivity index (χ3v) is 2.08. The molecule has 0 radical (unpaired) electrons. The van der Waals surface area contributed by atoms with Crippen molar-refractivity contribution in [3.05, 3.63) is 40.1 Å². The summed E-state index contributed by atoms with van der Waals surface area (Å²) in [4.78, 5) is 9.81. The molecule has 0 unspecified atom stereocenters. The molecule has 0 spiro atoms. The van der Waals surface area contributed by atoms with Gasteiger partial charge in [-0.3, -0.25) is 10.1 Å². The molecule has 0 bridgehead atoms. The van der Waals surface area contributed by atoms with Crippen molar-refractivity contribution >= 4 is 6.08 Å². The first-order chi connectivity index (χ1) is 8.88. The Bertz CT molecular complexity index is 467. The van der Waals surface area contributed by atoms with Gasteiger partial charge >= 0.3 is 0 Å². The molecule has 0 saturated heterocycles. The number of nitrogens with zero attached hydrogens (tertiary/aromatic N) is 1. The molecule has 0 amide bonds. The van der Waals surface area contributed by atoms with Gasteiger partial charge in [-0.05, 0) is 45.4 Å². The van der Waals surface area contributed by atoms with Crippen LogP contribution in [0.2, 0.25) is 0 Å². The standard InChI is InChI=1S/C14H19NO4/c1-10(2)18-13-6-5-12(7-8-15(16)17)9-14(13)19-11(3)4/h5-11H,1-4H3/b8-7+. The molecule has 0 saturated carbocycles. The quantitative estimate of drug-likeness (QED) is 0.583. The lowest BCUT2D eigenvalue weighted by Gasteiger charge is -2.17. The van der Waals surface area contributed by atoms with E-state index in [1.807, 2.05) is 27.7 Å². The lowest BCUT2D eigenvalue weighted by molar-refractivity contribution is -0.400. The van der Waals surface area contributed by atoms with Gasteiger partial charge < -0.3 is 9.47 Å². The fourth-order valence-corrected chi connectivity index (χ4v) is 1.47. The Balaban J connectivity index is 3.03. The highest BCUT2D eigenvalue weighted by Gasteiger charge is 2.09. The van der Waals surface area contributed by atoms with Gasteiger partial charge in [0.05, 0.1) is 17.1 Å². The zero-order chi connectivity index (χ0) is 14.4. The van der Waals surface area contributed by atoms with Gasteiger partial charge in [0.25, 0.3) is 0 Å². The zero-order valence-electron chi connectivity index (χ0n) is 11.6. The second-order valence-corrected chi connectivity index (χ2v) is 4.64. The first-order valence-electron chi connectivity index (χ1n) is 6.17. The largest absolute Gasteiger partial charge is 0.487 e. The number of benzene rings is 1. The molecule has 0 aliphatic rings. The van der Waals surface area contributed by atoms with Crippen molar-refractivity contribution in [3.8, 4) is 11.5 Å². The Morgan fingerprint density at radius 3 is 2.21 bits per heavy atom. The predicted molar refractivity (Wildman–Crippen MR) is 74.0 cm³/mol. The molecule has 1 aromatic carbocycles. The molecule has 0 atom stereocenters. The molecular weight excluding hydrogens is 246 g/mol. The SMILES string of the molecule is CC(C)Oc1ccc(/C=C/[N+](=O)[O-])cc1OC(C)C. The van der Waals surface area contributed by atoms with Crippen LogP contribution < -0.4 is 9.47 Å². The molecule has 104 valence electrons. The first-order valence-corrected chi connectivity index (χ1v) is 6.17. The normalized spacial score (nSPS) is 11.3. The summed E-state index contributed by atoms with van der Waals surface area (Å²) in [7, 11) is 0. The smallest absolute Gasteiger partial charge is 0.235 e. The molecule has 5 heteroatoms. The van der Waals surface area contributed by atoms with Crippen molar-refractivity contribution in [3.63, 3.8) is 0 Å². The number of rotatable bonds is 6. The van der Waals surface area contributed by atoms with Crippen LogP contribution in [-0.4, -0.2) is 17.1 Å². The maximum Gasteiger partial charge on any atom is 0.235 e. The summed E-state index contributed by atoms with van der Waals surface area (Å²) in [6.45, 7) is 7.69. The average Bonchev–Trinajstić information content (AvgIpc) is 2.28. The predicted octanol–water partition coefficient (Wildman–Crippen LogP) is 3.51. The Kier molecular flexibility index (Phi) is 5.36. The topological polar surface area (TPSA) is 61.6 Å². The molecule has 0 heterocycles. The number of hydrogen-bond donors (Lipinski definition) is 0. The molecule has 0 fully saturated rings. The van der Waals surface area contributed by atoms with Crippen molar-refractivity contribution < 1.29 is 14.4 Å². The van der Waals surface area contributed by atoms with E-state index < -0.39 is 4.92 Å². The fourth-order valence-electron chi connectivity index (χ4n) is 1.47. The van der Waals surface area contributed by atoms with Crippen LogP contribution in [0.3, 0.4) is 0 Å². The van der Waals surface area contributed by atoms with Gasteiger partial charge in [0, 0.05) is 6.08 Å². The Morgan fingerprint density at radius 2 is 1.68 bits per heavy atom. The van der Waals surface area contributed by atoms with E-state index in [0.717, 1.165) is 6.20 Å². The minimum absolute atomic E-state index is 0.00394. The summed E-state index contributed by atoms with van der Waals surface area (Å²) in [6.07, 6.45) is 2.36. The molecule has 1 aromatic rings. The number of nitro groups is 1. The van der Waals surface area contributed by atoms with Crippen molar-refractivity contribution in [2.75, 3.05) is 0 Å². The monoisotopic (exact) mass is 265 g/mol. The maximum absolute atomic E-state index is 10.3. The van der Waals surface area contributed by atoms with E-state index in [-0.39, 0.29) is 12.2 Å². The second kappa shape index (κ2) is 6.78. The van der Waals surface area contributed by atoms with E-state index in [1.54, 1.807) is 18.2 Å². The van der Waals surface area contributed by atoms with Crippen molar-refractivity contribution in [1.82, 2.24) is 0 Å². The van der Waals surface area contributed by atoms with E-state index in [4.69, 9.17) is 9.47 Å². The van der Waals surface area contributed by atoms with Crippen molar-refractivity contribution in [2.24, 2.45) is 0 Å². The summed E-state index contributed by atoms with van der Waals surface area (Å²) >= 11 is 0. The van der Waals surface area contributed by atoms with Gasteiger partial charge in [0.1, 0.15) is 0 Å². The highest BCUT2D eigenvalue weighted by atomic mass is 16.6. The van der Waals surface area contributed by atoms with Crippen LogP contribution in [0.25, 0.3) is 6.08 Å². The van der Waals surface area contributed by atoms with Crippen LogP contribution in [0.15, 0.2) is 24.4 Å². The molecule has 0 aliphatic heterocycles. The third kappa shape index (κ3) is 5.42. The van der Waals surface area contributed by atoms with Gasteiger partial charge in [0.2, 0.25) is 6.20 Å². The lowest BCUT2D eigenvalue weighted by atomic mass is 10.2. The minimum Gasteiger partial charge on any atom is -0.487 e. The molecular formula is C14H19NO4. The van der Waals surface area contributed by atoms with Gasteiger partial charge in [-0.1, -0.05) is 6.07 Å². The summed E-state index contributed by atoms with van der Waals surface area (Å²) in [5, 5.41) is 10.3. The summed E-state index contributed by atoms with van der Waals surface area (Å²) < 4.78 is 11.3. The van der Waals surface area contributed by atoms with Crippen LogP contribution >= 0.6 is 0 Å². The van der Waals surface area contributed by atoms with Crippen molar-refractivity contribution in [1.29, 1.82) is 0 Å². The minimum atomic E-state index is -0.499. The average molecular weight is 265 g/mol. The lowest BCUT2D eigenvalue weighted by Crippen LogP contribution is -2.10. The second-order valence-electron chi connectivity index (χ2n) is 4.64. The third-order valence-electron chi connectivity index (χ3n) is 2.08. The number of hydrogen-bond acceptors (Lipinski definition) is 4. The van der Waals surface area contributed by atoms with Crippen LogP contribution in [0, 0.1) is 10.1 Å². The summed E-state index contributed by atoms with van der Waals surface area (Å²) in [6, 6.07) is 5.25. The van der Waals surface area contributed by atoms with E-state index in [1.165, 1.54) is 6.08 Å². The van der Waals surface area contributed by atoms with Crippen molar-refractivity contribution in [2.45, 2.75) is 39.9 Å². The molecule has 5 nitrogen and oxygen atoms in total. The Morgan fingerprint density at radius 1 is 1.11 bits per heavy atom. The van der Waals surface area contributed by atoms with Crippen LogP contribution in [0.5, 0.6) is 11.5 Å². The fraction of sp³-hybridized carbons (Fsp3) is 0.429. The number of ether oxygens (including phenoxy) is 2. The van der Waals surface area contributed by atoms with Gasteiger partial charge in [-0.2, -0.15) is 0 Å². The summed E-state index contributed by atoms with van der Waals surface area (Å²) in [5.74, 6) is 1.23. The molecule has 1 rings (SSSR count). The van der Waals surface area contributed by atoms with Crippen LogP contribution in [0.4, 0.5) is 0 Å². The summed E-state index contributed by atoms with van der Waals surface area (Å²) in [5.41, 5.74) is 0.698. The first kappa shape index (κ1) is 15.0. The van der Waals surface area contributed by atoms with E-state index in [2.05, 4.69) is 0 Å². The Labute approximate surface area is 113 Å². The van der Waals surface area contributed by atoms with E-state index >= 15 is 0 Å². The maximum atomic E-state index is 10.3. The highest BCUT2D eigenvalue weighted by molar-refractivity contribution is 5.55. The molecule has 0 aliphatic carbocycles. The molecule has 0 aromatic heterocycles. The van der Waals surface area contributed by atoms with Gasteiger partial charge in [-0.25, -0.2) is 0 Å². The van der Waals surface area contributed by atoms with E-state index in [0.29, 0.717) is 17.1 Å². The van der Waals surface area contributed by atoms with Gasteiger partial charge in [-0.15, -0.1) is 0 Å². The highest BCUT2D eigenvalue weighted by Crippen LogP contribution is 2.30. The molecule has 19 heavy (non-hydrogen) atoms.